The van der Waals surface area contributed by atoms with Gasteiger partial charge in [0.05, 0.1) is 32.9 Å². The molecule has 3 rings (SSSR count). The van der Waals surface area contributed by atoms with Crippen LogP contribution in [-0.4, -0.2) is 46.2 Å². The van der Waals surface area contributed by atoms with E-state index in [0.29, 0.717) is 36.0 Å². The fraction of sp³-hybridized carbons (Fsp3) is 0.417. The van der Waals surface area contributed by atoms with E-state index < -0.39 is 5.92 Å². The van der Waals surface area contributed by atoms with Crippen molar-refractivity contribution in [3.63, 3.8) is 0 Å². The highest BCUT2D eigenvalue weighted by Gasteiger charge is 2.38. The quantitative estimate of drug-likeness (QED) is 0.675. The molecule has 7 heteroatoms. The molecule has 7 nitrogen and oxygen atoms in total. The van der Waals surface area contributed by atoms with Crippen LogP contribution in [0.4, 0.5) is 11.4 Å². The molecule has 0 spiro atoms. The van der Waals surface area contributed by atoms with Crippen molar-refractivity contribution >= 4 is 23.2 Å². The van der Waals surface area contributed by atoms with Gasteiger partial charge in [-0.05, 0) is 38.0 Å². The molecule has 1 heterocycles. The number of anilines is 2. The van der Waals surface area contributed by atoms with Crippen molar-refractivity contribution < 1.29 is 23.8 Å². The molecule has 2 aromatic carbocycles. The topological polar surface area (TPSA) is 68.3 Å². The maximum absolute atomic E-state index is 13.4. The van der Waals surface area contributed by atoms with Gasteiger partial charge in [0.1, 0.15) is 0 Å². The highest BCUT2D eigenvalue weighted by molar-refractivity contribution is 6.05. The first-order valence-corrected chi connectivity index (χ1v) is 10.3. The second-order valence-corrected chi connectivity index (χ2v) is 7.66. The van der Waals surface area contributed by atoms with Crippen molar-refractivity contribution in [2.24, 2.45) is 5.92 Å². The van der Waals surface area contributed by atoms with Gasteiger partial charge in [-0.15, -0.1) is 0 Å². The van der Waals surface area contributed by atoms with Gasteiger partial charge in [0.15, 0.2) is 11.5 Å². The third-order valence-electron chi connectivity index (χ3n) is 5.67. The first kappa shape index (κ1) is 22.5. The minimum absolute atomic E-state index is 0.0421. The van der Waals surface area contributed by atoms with Crippen LogP contribution in [0.3, 0.4) is 0 Å². The van der Waals surface area contributed by atoms with E-state index >= 15 is 0 Å². The molecule has 31 heavy (non-hydrogen) atoms. The summed E-state index contributed by atoms with van der Waals surface area (Å²) in [7, 11) is 4.59. The molecule has 2 amide bonds. The lowest BCUT2D eigenvalue weighted by Gasteiger charge is -2.26. The summed E-state index contributed by atoms with van der Waals surface area (Å²) in [6.45, 7) is 6.79. The van der Waals surface area contributed by atoms with Crippen LogP contribution in [0, 0.1) is 19.8 Å². The first-order valence-electron chi connectivity index (χ1n) is 10.3. The van der Waals surface area contributed by atoms with Gasteiger partial charge in [-0.3, -0.25) is 9.59 Å². The van der Waals surface area contributed by atoms with Gasteiger partial charge in [0.25, 0.3) is 0 Å². The molecule has 166 valence electrons. The number of carbonyl (C=O) groups excluding carboxylic acids is 2. The van der Waals surface area contributed by atoms with Crippen LogP contribution >= 0.6 is 0 Å². The van der Waals surface area contributed by atoms with Gasteiger partial charge < -0.3 is 24.0 Å². The number of carbonyl (C=O) groups is 2. The number of nitrogens with zero attached hydrogens (tertiary/aromatic N) is 2. The molecule has 0 saturated carbocycles. The fourth-order valence-corrected chi connectivity index (χ4v) is 4.02. The Kier molecular flexibility index (Phi) is 6.73. The van der Waals surface area contributed by atoms with E-state index in [1.807, 2.05) is 39.0 Å². The summed E-state index contributed by atoms with van der Waals surface area (Å²) in [5, 5.41) is 0. The Morgan fingerprint density at radius 2 is 1.71 bits per heavy atom. The molecular formula is C24H30N2O5. The van der Waals surface area contributed by atoms with Crippen LogP contribution in [0.15, 0.2) is 30.3 Å². The third-order valence-corrected chi connectivity index (χ3v) is 5.67. The highest BCUT2D eigenvalue weighted by atomic mass is 16.5. The van der Waals surface area contributed by atoms with E-state index in [4.69, 9.17) is 14.2 Å². The van der Waals surface area contributed by atoms with Gasteiger partial charge in [-0.1, -0.05) is 12.1 Å². The van der Waals surface area contributed by atoms with E-state index in [0.717, 1.165) is 16.8 Å². The largest absolute Gasteiger partial charge is 0.493 e. The normalized spacial score (nSPS) is 15.7. The third kappa shape index (κ3) is 4.31. The predicted molar refractivity (Wildman–Crippen MR) is 121 cm³/mol. The maximum atomic E-state index is 13.4. The Labute approximate surface area is 183 Å². The molecule has 2 aromatic rings. The smallest absolute Gasteiger partial charge is 0.232 e. The monoisotopic (exact) mass is 426 g/mol. The lowest BCUT2D eigenvalue weighted by Crippen LogP contribution is -2.38. The number of amides is 2. The Hall–Kier alpha value is -3.22. The average molecular weight is 427 g/mol. The van der Waals surface area contributed by atoms with Crippen molar-refractivity contribution in [1.29, 1.82) is 0 Å². The van der Waals surface area contributed by atoms with E-state index in [-0.39, 0.29) is 18.2 Å². The molecule has 1 unspecified atom stereocenters. The van der Waals surface area contributed by atoms with Crippen LogP contribution < -0.4 is 24.0 Å². The summed E-state index contributed by atoms with van der Waals surface area (Å²) in [5.41, 5.74) is 3.63. The van der Waals surface area contributed by atoms with Crippen LogP contribution in [-0.2, 0) is 9.59 Å². The minimum Gasteiger partial charge on any atom is -0.493 e. The van der Waals surface area contributed by atoms with Gasteiger partial charge in [0, 0.05) is 37.3 Å². The summed E-state index contributed by atoms with van der Waals surface area (Å²) < 4.78 is 16.2. The van der Waals surface area contributed by atoms with E-state index in [2.05, 4.69) is 0 Å². The molecule has 1 aliphatic heterocycles. The van der Waals surface area contributed by atoms with Crippen molar-refractivity contribution in [3.05, 3.63) is 41.5 Å². The molecule has 1 saturated heterocycles. The summed E-state index contributed by atoms with van der Waals surface area (Å²) >= 11 is 0. The molecule has 0 aliphatic carbocycles. The minimum atomic E-state index is -0.425. The molecule has 0 N–H and O–H groups in total. The molecule has 0 bridgehead atoms. The Bertz CT molecular complexity index is 963. The van der Waals surface area contributed by atoms with Gasteiger partial charge >= 0.3 is 0 Å². The number of rotatable bonds is 7. The van der Waals surface area contributed by atoms with E-state index in [9.17, 15) is 9.59 Å². The number of hydrogen-bond acceptors (Lipinski definition) is 5. The molecule has 0 radical (unpaired) electrons. The van der Waals surface area contributed by atoms with Crippen LogP contribution in [0.1, 0.15) is 24.5 Å². The number of benzene rings is 2. The second kappa shape index (κ2) is 9.29. The number of aryl methyl sites for hydroxylation is 2. The SMILES string of the molecule is CCN(C(=O)C1CC(=O)N(c2cc(OC)c(OC)c(OC)c2)C1)c1cc(C)ccc1C. The van der Waals surface area contributed by atoms with Crippen molar-refractivity contribution in [2.75, 3.05) is 44.2 Å². The number of methoxy groups -OCH3 is 3. The molecule has 0 aromatic heterocycles. The molecule has 1 fully saturated rings. The zero-order chi connectivity index (χ0) is 22.7. The number of ether oxygens (including phenoxy) is 3. The first-order chi connectivity index (χ1) is 14.8. The molecular weight excluding hydrogens is 396 g/mol. The van der Waals surface area contributed by atoms with Crippen LogP contribution in [0.2, 0.25) is 0 Å². The van der Waals surface area contributed by atoms with Gasteiger partial charge in [0.2, 0.25) is 17.6 Å². The van der Waals surface area contributed by atoms with Gasteiger partial charge in [-0.2, -0.15) is 0 Å². The zero-order valence-corrected chi connectivity index (χ0v) is 19.0. The summed E-state index contributed by atoms with van der Waals surface area (Å²) in [5.74, 6) is 0.811. The Morgan fingerprint density at radius 3 is 2.26 bits per heavy atom. The second-order valence-electron chi connectivity index (χ2n) is 7.66. The fourth-order valence-electron chi connectivity index (χ4n) is 4.02. The summed E-state index contributed by atoms with van der Waals surface area (Å²) in [4.78, 5) is 29.6. The predicted octanol–water partition coefficient (Wildman–Crippen LogP) is 3.74. The van der Waals surface area contributed by atoms with Gasteiger partial charge in [-0.25, -0.2) is 0 Å². The lowest BCUT2D eigenvalue weighted by atomic mass is 10.0. The highest BCUT2D eigenvalue weighted by Crippen LogP contribution is 2.42. The Morgan fingerprint density at radius 1 is 1.06 bits per heavy atom. The van der Waals surface area contributed by atoms with E-state index in [1.165, 1.54) is 21.3 Å². The maximum Gasteiger partial charge on any atom is 0.232 e. The van der Waals surface area contributed by atoms with E-state index in [1.54, 1.807) is 21.9 Å². The summed E-state index contributed by atoms with van der Waals surface area (Å²) in [6, 6.07) is 9.53. The Balaban J connectivity index is 1.89. The average Bonchev–Trinajstić information content (AvgIpc) is 3.16. The molecule has 1 atom stereocenters. The summed E-state index contributed by atoms with van der Waals surface area (Å²) in [6.07, 6.45) is 0.164. The zero-order valence-electron chi connectivity index (χ0n) is 19.0. The van der Waals surface area contributed by atoms with Crippen LogP contribution in [0.5, 0.6) is 17.2 Å². The molecule has 1 aliphatic rings. The van der Waals surface area contributed by atoms with Crippen molar-refractivity contribution in [3.8, 4) is 17.2 Å². The van der Waals surface area contributed by atoms with Crippen molar-refractivity contribution in [2.45, 2.75) is 27.2 Å². The lowest BCUT2D eigenvalue weighted by molar-refractivity contribution is -0.124. The van der Waals surface area contributed by atoms with Crippen molar-refractivity contribution in [1.82, 2.24) is 0 Å². The standard InChI is InChI=1S/C24H30N2O5/c1-7-25(19-10-15(2)8-9-16(19)3)24(28)17-11-22(27)26(14-17)18-12-20(29-4)23(31-6)21(13-18)30-5/h8-10,12-13,17H,7,11,14H2,1-6H3. The van der Waals surface area contributed by atoms with Crippen LogP contribution in [0.25, 0.3) is 0 Å². The number of hydrogen-bond donors (Lipinski definition) is 0.